The average molecular weight is 485 g/mol. The molecule has 1 aliphatic rings. The molecule has 5 nitrogen and oxygen atoms in total. The highest BCUT2D eigenvalue weighted by atomic mass is 35.5. The molecule has 1 saturated carbocycles. The number of aromatic nitrogens is 2. The number of nitrogens with zero attached hydrogens (tertiary/aromatic N) is 2. The van der Waals surface area contributed by atoms with Crippen LogP contribution in [-0.2, 0) is 29.7 Å². The Balaban J connectivity index is 0.00000324. The number of esters is 1. The molecule has 3 unspecified atom stereocenters. The van der Waals surface area contributed by atoms with E-state index in [0.29, 0.717) is 24.4 Å². The van der Waals surface area contributed by atoms with Gasteiger partial charge in [-0.05, 0) is 61.8 Å². The van der Waals surface area contributed by atoms with E-state index in [4.69, 9.17) is 9.47 Å². The number of halogens is 1. The first-order valence-corrected chi connectivity index (χ1v) is 12.2. The van der Waals surface area contributed by atoms with Crippen LogP contribution in [0.2, 0.25) is 0 Å². The van der Waals surface area contributed by atoms with Crippen LogP contribution in [0.3, 0.4) is 0 Å². The van der Waals surface area contributed by atoms with Crippen LogP contribution in [0.5, 0.6) is 5.75 Å². The summed E-state index contributed by atoms with van der Waals surface area (Å²) in [6.45, 7) is 9.35. The maximum Gasteiger partial charge on any atom is 0.348 e. The quantitative estimate of drug-likeness (QED) is 0.382. The standard InChI is InChI=1S/C28H37N2O3.ClH/c1-19(2)23-15-12-21(4)16-26(23)33-28(31)17-30-25-9-7-6-8-24(25)29(5)27(30)18-32-22-13-10-20(3)11-14-22;/h6-11,13-14,19,21,23,26H,12,15-18H2,1-5H3;1H/q+1;/p-1. The minimum atomic E-state index is -0.169. The van der Waals surface area contributed by atoms with Crippen LogP contribution >= 0.6 is 0 Å². The van der Waals surface area contributed by atoms with Gasteiger partial charge >= 0.3 is 5.97 Å². The minimum absolute atomic E-state index is 0. The van der Waals surface area contributed by atoms with Crippen molar-refractivity contribution in [2.45, 2.75) is 66.2 Å². The van der Waals surface area contributed by atoms with Gasteiger partial charge in [0.05, 0.1) is 7.05 Å². The highest BCUT2D eigenvalue weighted by Crippen LogP contribution is 2.35. The summed E-state index contributed by atoms with van der Waals surface area (Å²) >= 11 is 0. The second-order valence-electron chi connectivity index (χ2n) is 10.0. The summed E-state index contributed by atoms with van der Waals surface area (Å²) in [6, 6.07) is 16.2. The number of aryl methyl sites for hydroxylation is 2. The Morgan fingerprint density at radius 1 is 1.12 bits per heavy atom. The second-order valence-corrected chi connectivity index (χ2v) is 10.0. The Labute approximate surface area is 209 Å². The molecule has 1 heterocycles. The molecular formula is C28H37ClN2O3. The molecule has 0 bridgehead atoms. The highest BCUT2D eigenvalue weighted by Gasteiger charge is 2.34. The molecular weight excluding hydrogens is 448 g/mol. The molecule has 2 aromatic carbocycles. The van der Waals surface area contributed by atoms with Gasteiger partial charge < -0.3 is 21.9 Å². The smallest absolute Gasteiger partial charge is 0.348 e. The molecule has 1 fully saturated rings. The SMILES string of the molecule is Cc1ccc(OCc2n(CC(=O)OC3CC(C)CCC3C(C)C)c3ccccc3[n+]2C)cc1.[Cl-]. The van der Waals surface area contributed by atoms with Crippen LogP contribution < -0.4 is 21.7 Å². The Morgan fingerprint density at radius 3 is 2.53 bits per heavy atom. The molecule has 0 amide bonds. The Bertz CT molecular complexity index is 1110. The Morgan fingerprint density at radius 2 is 1.82 bits per heavy atom. The molecule has 184 valence electrons. The summed E-state index contributed by atoms with van der Waals surface area (Å²) in [7, 11) is 2.02. The first-order valence-electron chi connectivity index (χ1n) is 12.2. The van der Waals surface area contributed by atoms with Crippen molar-refractivity contribution in [2.24, 2.45) is 24.8 Å². The second kappa shape index (κ2) is 11.3. The first-order chi connectivity index (χ1) is 15.8. The molecule has 0 spiro atoms. The van der Waals surface area contributed by atoms with Gasteiger partial charge in [-0.2, -0.15) is 0 Å². The summed E-state index contributed by atoms with van der Waals surface area (Å²) in [4.78, 5) is 13.2. The van der Waals surface area contributed by atoms with Gasteiger partial charge in [0.15, 0.2) is 24.2 Å². The minimum Gasteiger partial charge on any atom is -1.00 e. The molecule has 1 aromatic heterocycles. The molecule has 4 rings (SSSR count). The zero-order valence-electron chi connectivity index (χ0n) is 21.0. The van der Waals surface area contributed by atoms with E-state index >= 15 is 0 Å². The van der Waals surface area contributed by atoms with E-state index in [1.54, 1.807) is 0 Å². The third kappa shape index (κ3) is 5.75. The number of rotatable bonds is 7. The highest BCUT2D eigenvalue weighted by molar-refractivity contribution is 5.76. The summed E-state index contributed by atoms with van der Waals surface area (Å²) in [5.74, 6) is 3.13. The number of carbonyl (C=O) groups is 1. The number of benzene rings is 2. The van der Waals surface area contributed by atoms with E-state index < -0.39 is 0 Å². The van der Waals surface area contributed by atoms with E-state index in [1.165, 1.54) is 12.0 Å². The molecule has 0 N–H and O–H groups in total. The molecule has 0 aliphatic heterocycles. The lowest BCUT2D eigenvalue weighted by Gasteiger charge is -2.36. The lowest BCUT2D eigenvalue weighted by atomic mass is 9.75. The van der Waals surface area contributed by atoms with Crippen molar-refractivity contribution in [3.63, 3.8) is 0 Å². The maximum atomic E-state index is 13.2. The summed E-state index contributed by atoms with van der Waals surface area (Å²) in [5, 5.41) is 0. The fourth-order valence-electron chi connectivity index (χ4n) is 5.15. The molecule has 6 heteroatoms. The fraction of sp³-hybridized carbons (Fsp3) is 0.500. The predicted molar refractivity (Wildman–Crippen MR) is 130 cm³/mol. The molecule has 3 atom stereocenters. The zero-order chi connectivity index (χ0) is 23.5. The van der Waals surface area contributed by atoms with E-state index in [0.717, 1.165) is 35.4 Å². The van der Waals surface area contributed by atoms with Gasteiger partial charge in [-0.1, -0.05) is 57.0 Å². The molecule has 3 aromatic rings. The molecule has 1 aliphatic carbocycles. The fourth-order valence-corrected chi connectivity index (χ4v) is 5.15. The number of para-hydroxylation sites is 2. The summed E-state index contributed by atoms with van der Waals surface area (Å²) in [6.07, 6.45) is 3.31. The van der Waals surface area contributed by atoms with Gasteiger partial charge in [-0.3, -0.25) is 0 Å². The van der Waals surface area contributed by atoms with Crippen LogP contribution in [0.25, 0.3) is 11.0 Å². The van der Waals surface area contributed by atoms with E-state index in [1.807, 2.05) is 48.0 Å². The molecule has 0 radical (unpaired) electrons. The molecule has 34 heavy (non-hydrogen) atoms. The van der Waals surface area contributed by atoms with Gasteiger partial charge in [-0.15, -0.1) is 0 Å². The Kier molecular flexibility index (Phi) is 8.64. The molecule has 0 saturated heterocycles. The van der Waals surface area contributed by atoms with E-state index in [2.05, 4.69) is 44.4 Å². The average Bonchev–Trinajstić information content (AvgIpc) is 3.04. The third-order valence-corrected chi connectivity index (χ3v) is 7.15. The van der Waals surface area contributed by atoms with Crippen LogP contribution in [0.1, 0.15) is 51.4 Å². The van der Waals surface area contributed by atoms with Gasteiger partial charge in [0.25, 0.3) is 5.82 Å². The number of imidazole rings is 1. The monoisotopic (exact) mass is 484 g/mol. The first kappa shape index (κ1) is 26.1. The number of carbonyl (C=O) groups excluding carboxylic acids is 1. The van der Waals surface area contributed by atoms with Crippen molar-refractivity contribution >= 4 is 17.0 Å². The van der Waals surface area contributed by atoms with E-state index in [-0.39, 0.29) is 31.0 Å². The van der Waals surface area contributed by atoms with Gasteiger partial charge in [0, 0.05) is 0 Å². The maximum absolute atomic E-state index is 13.2. The van der Waals surface area contributed by atoms with Crippen LogP contribution in [0.4, 0.5) is 0 Å². The van der Waals surface area contributed by atoms with E-state index in [9.17, 15) is 4.79 Å². The number of ether oxygens (including phenoxy) is 2. The number of fused-ring (bicyclic) bond motifs is 1. The van der Waals surface area contributed by atoms with Gasteiger partial charge in [0.2, 0.25) is 0 Å². The van der Waals surface area contributed by atoms with Gasteiger partial charge in [0.1, 0.15) is 11.9 Å². The lowest BCUT2D eigenvalue weighted by Crippen LogP contribution is -3.00. The van der Waals surface area contributed by atoms with Crippen molar-refractivity contribution < 1.29 is 31.2 Å². The normalized spacial score (nSPS) is 20.2. The van der Waals surface area contributed by atoms with Crippen LogP contribution in [-0.4, -0.2) is 16.6 Å². The largest absolute Gasteiger partial charge is 1.00 e. The van der Waals surface area contributed by atoms with Crippen molar-refractivity contribution in [2.75, 3.05) is 0 Å². The lowest BCUT2D eigenvalue weighted by molar-refractivity contribution is -0.655. The van der Waals surface area contributed by atoms with Crippen molar-refractivity contribution in [1.29, 1.82) is 0 Å². The summed E-state index contributed by atoms with van der Waals surface area (Å²) < 4.78 is 16.4. The summed E-state index contributed by atoms with van der Waals surface area (Å²) in [5.41, 5.74) is 3.28. The predicted octanol–water partition coefficient (Wildman–Crippen LogP) is 2.36. The van der Waals surface area contributed by atoms with Crippen LogP contribution in [0, 0.1) is 24.7 Å². The number of hydrogen-bond donors (Lipinski definition) is 0. The van der Waals surface area contributed by atoms with Crippen molar-refractivity contribution in [3.8, 4) is 5.75 Å². The number of hydrogen-bond acceptors (Lipinski definition) is 3. The third-order valence-electron chi connectivity index (χ3n) is 7.15. The van der Waals surface area contributed by atoms with Crippen molar-refractivity contribution in [3.05, 3.63) is 59.9 Å². The van der Waals surface area contributed by atoms with Crippen molar-refractivity contribution in [1.82, 2.24) is 4.57 Å². The zero-order valence-corrected chi connectivity index (χ0v) is 21.7. The topological polar surface area (TPSA) is 44.3 Å². The van der Waals surface area contributed by atoms with Gasteiger partial charge in [-0.25, -0.2) is 13.9 Å². The van der Waals surface area contributed by atoms with Crippen LogP contribution in [0.15, 0.2) is 48.5 Å². The Hall–Kier alpha value is -2.53.